The van der Waals surface area contributed by atoms with E-state index in [-0.39, 0.29) is 0 Å². The summed E-state index contributed by atoms with van der Waals surface area (Å²) in [6.45, 7) is 4.39. The third-order valence-electron chi connectivity index (χ3n) is 4.76. The molecule has 1 fully saturated rings. The molecule has 31 heavy (non-hydrogen) atoms. The van der Waals surface area contributed by atoms with Gasteiger partial charge in [0.1, 0.15) is 23.6 Å². The van der Waals surface area contributed by atoms with Gasteiger partial charge < -0.3 is 4.74 Å². The van der Waals surface area contributed by atoms with Crippen molar-refractivity contribution in [1.29, 1.82) is 5.41 Å². The van der Waals surface area contributed by atoms with Crippen LogP contribution in [0.4, 0.5) is 0 Å². The molecule has 162 valence electrons. The molecule has 1 saturated carbocycles. The molecule has 0 amide bonds. The Morgan fingerprint density at radius 2 is 1.77 bits per heavy atom. The highest BCUT2D eigenvalue weighted by Gasteiger charge is 2.17. The van der Waals surface area contributed by atoms with Crippen LogP contribution in [-0.4, -0.2) is 31.6 Å². The van der Waals surface area contributed by atoms with Crippen LogP contribution in [0.25, 0.3) is 5.70 Å². The van der Waals surface area contributed by atoms with Crippen LogP contribution in [0.2, 0.25) is 0 Å². The van der Waals surface area contributed by atoms with Crippen molar-refractivity contribution in [2.45, 2.75) is 25.7 Å². The first-order valence-electron chi connectivity index (χ1n) is 10.1. The second-order valence-corrected chi connectivity index (χ2v) is 6.97. The number of para-hydroxylation sites is 1. The SMILES string of the molecule is C=N/C(=C/C=NC=N)c1ccc(Oc2ccccc2)cc1.NNCC1CCC(=O)CC1. The lowest BCUT2D eigenvalue weighted by Gasteiger charge is -2.19. The average Bonchev–Trinajstić information content (AvgIpc) is 2.80. The van der Waals surface area contributed by atoms with Gasteiger partial charge >= 0.3 is 0 Å². The number of benzene rings is 2. The fourth-order valence-electron chi connectivity index (χ4n) is 3.09. The highest BCUT2D eigenvalue weighted by molar-refractivity contribution is 5.88. The third kappa shape index (κ3) is 8.86. The minimum absolute atomic E-state index is 0.410. The summed E-state index contributed by atoms with van der Waals surface area (Å²) in [5, 5.41) is 6.83. The Kier molecular flexibility index (Phi) is 10.6. The van der Waals surface area contributed by atoms with Crippen LogP contribution in [0.3, 0.4) is 0 Å². The van der Waals surface area contributed by atoms with Gasteiger partial charge in [-0.1, -0.05) is 18.2 Å². The third-order valence-corrected chi connectivity index (χ3v) is 4.76. The molecule has 0 heterocycles. The second-order valence-electron chi connectivity index (χ2n) is 6.97. The molecule has 0 aromatic heterocycles. The van der Waals surface area contributed by atoms with E-state index in [1.807, 2.05) is 54.6 Å². The Balaban J connectivity index is 0.000000285. The Hall–Kier alpha value is -3.42. The molecule has 0 radical (unpaired) electrons. The number of nitrogens with two attached hydrogens (primary N) is 1. The molecule has 7 nitrogen and oxygen atoms in total. The first-order valence-corrected chi connectivity index (χ1v) is 10.1. The predicted octanol–water partition coefficient (Wildman–Crippen LogP) is 4.41. The topological polar surface area (TPSA) is 113 Å². The number of Topliss-reactive ketones (excluding diaryl/α,β-unsaturated/α-hetero) is 1. The summed E-state index contributed by atoms with van der Waals surface area (Å²) in [4.78, 5) is 18.4. The van der Waals surface area contributed by atoms with Crippen molar-refractivity contribution in [3.05, 3.63) is 66.2 Å². The van der Waals surface area contributed by atoms with Crippen LogP contribution in [0.5, 0.6) is 11.5 Å². The van der Waals surface area contributed by atoms with Gasteiger partial charge in [0.25, 0.3) is 0 Å². The fourth-order valence-corrected chi connectivity index (χ4v) is 3.09. The maximum atomic E-state index is 10.8. The summed E-state index contributed by atoms with van der Waals surface area (Å²) in [6, 6.07) is 17.1. The molecule has 2 aromatic carbocycles. The summed E-state index contributed by atoms with van der Waals surface area (Å²) in [6.07, 6.45) is 7.72. The van der Waals surface area contributed by atoms with Gasteiger partial charge in [-0.2, -0.15) is 0 Å². The quantitative estimate of drug-likeness (QED) is 0.255. The minimum Gasteiger partial charge on any atom is -0.457 e. The average molecular weight is 420 g/mol. The molecule has 3 rings (SSSR count). The number of ketones is 1. The van der Waals surface area contributed by atoms with E-state index in [2.05, 4.69) is 22.1 Å². The molecule has 0 bridgehead atoms. The first kappa shape index (κ1) is 23.9. The number of ether oxygens (including phenoxy) is 1. The molecular weight excluding hydrogens is 390 g/mol. The Morgan fingerprint density at radius 1 is 1.13 bits per heavy atom. The smallest absolute Gasteiger partial charge is 0.132 e. The van der Waals surface area contributed by atoms with Crippen molar-refractivity contribution in [2.75, 3.05) is 6.54 Å². The molecule has 0 unspecified atom stereocenters. The van der Waals surface area contributed by atoms with Crippen LogP contribution in [0, 0.1) is 11.3 Å². The Labute approximate surface area is 183 Å². The highest BCUT2D eigenvalue weighted by atomic mass is 16.5. The van der Waals surface area contributed by atoms with E-state index in [0.717, 1.165) is 55.6 Å². The fraction of sp³-hybridized carbons (Fsp3) is 0.250. The van der Waals surface area contributed by atoms with Gasteiger partial charge in [-0.25, -0.2) is 4.99 Å². The number of hydrogen-bond donors (Lipinski definition) is 3. The summed E-state index contributed by atoms with van der Waals surface area (Å²) in [5.41, 5.74) is 4.23. The molecule has 0 spiro atoms. The van der Waals surface area contributed by atoms with Gasteiger partial charge in [-0.15, -0.1) is 0 Å². The van der Waals surface area contributed by atoms with Gasteiger partial charge in [-0.3, -0.25) is 26.5 Å². The van der Waals surface area contributed by atoms with Crippen molar-refractivity contribution in [3.8, 4) is 11.5 Å². The molecule has 7 heteroatoms. The minimum atomic E-state index is 0.410. The lowest BCUT2D eigenvalue weighted by Crippen LogP contribution is -2.31. The molecule has 2 aromatic rings. The predicted molar refractivity (Wildman–Crippen MR) is 127 cm³/mol. The van der Waals surface area contributed by atoms with Crippen LogP contribution in [0.15, 0.2) is 70.7 Å². The molecule has 1 aliphatic carbocycles. The van der Waals surface area contributed by atoms with E-state index in [4.69, 9.17) is 16.0 Å². The van der Waals surface area contributed by atoms with Crippen molar-refractivity contribution in [1.82, 2.24) is 5.43 Å². The van der Waals surface area contributed by atoms with Crippen LogP contribution in [0.1, 0.15) is 31.2 Å². The summed E-state index contributed by atoms with van der Waals surface area (Å²) >= 11 is 0. The zero-order valence-corrected chi connectivity index (χ0v) is 17.5. The monoisotopic (exact) mass is 419 g/mol. The van der Waals surface area contributed by atoms with E-state index >= 15 is 0 Å². The summed E-state index contributed by atoms with van der Waals surface area (Å²) in [7, 11) is 0. The van der Waals surface area contributed by atoms with Gasteiger partial charge in [0.2, 0.25) is 0 Å². The maximum absolute atomic E-state index is 10.8. The second kappa shape index (κ2) is 13.7. The van der Waals surface area contributed by atoms with Gasteiger partial charge in [-0.05, 0) is 68.0 Å². The van der Waals surface area contributed by atoms with Gasteiger partial charge in [0.15, 0.2) is 0 Å². The molecule has 1 aliphatic rings. The zero-order valence-electron chi connectivity index (χ0n) is 17.5. The first-order chi connectivity index (χ1) is 15.2. The zero-order chi connectivity index (χ0) is 22.3. The van der Waals surface area contributed by atoms with E-state index in [1.54, 1.807) is 6.08 Å². The lowest BCUT2D eigenvalue weighted by atomic mass is 9.89. The van der Waals surface area contributed by atoms with E-state index < -0.39 is 0 Å². The molecular formula is C24H29N5O2. The van der Waals surface area contributed by atoms with Crippen LogP contribution < -0.4 is 16.0 Å². The number of aliphatic imine (C=N–C) groups is 2. The van der Waals surface area contributed by atoms with Crippen molar-refractivity contribution in [3.63, 3.8) is 0 Å². The molecule has 0 atom stereocenters. The van der Waals surface area contributed by atoms with Crippen molar-refractivity contribution in [2.24, 2.45) is 21.7 Å². The largest absolute Gasteiger partial charge is 0.457 e. The number of carbonyl (C=O) groups is 1. The van der Waals surface area contributed by atoms with Crippen molar-refractivity contribution < 1.29 is 9.53 Å². The number of carbonyl (C=O) groups excluding carboxylic acids is 1. The number of nitrogens with one attached hydrogen (secondary N) is 2. The number of nitrogens with zero attached hydrogens (tertiary/aromatic N) is 2. The molecule has 0 saturated heterocycles. The standard InChI is InChI=1S/C17H15N3O.C7H14N2O/c1-19-17(11-12-20-13-18)14-7-9-16(10-8-14)21-15-5-3-2-4-6-15;8-9-5-6-1-3-7(10)4-2-6/h2-13,18H,1H2;6,9H,1-5,8H2/b17-11+,18-13?,20-12?;. The molecule has 0 aliphatic heterocycles. The van der Waals surface area contributed by atoms with E-state index in [1.165, 1.54) is 6.21 Å². The molecule has 4 N–H and O–H groups in total. The maximum Gasteiger partial charge on any atom is 0.132 e. The van der Waals surface area contributed by atoms with Gasteiger partial charge in [0, 0.05) is 31.2 Å². The van der Waals surface area contributed by atoms with Crippen molar-refractivity contribution >= 4 is 30.8 Å². The Bertz CT molecular complexity index is 882. The number of hydrogen-bond acceptors (Lipinski definition) is 6. The lowest BCUT2D eigenvalue weighted by molar-refractivity contribution is -0.120. The number of allylic oxidation sites excluding steroid dienone is 1. The van der Waals surface area contributed by atoms with Gasteiger partial charge in [0.05, 0.1) is 5.70 Å². The normalized spacial score (nSPS) is 14.6. The summed E-state index contributed by atoms with van der Waals surface area (Å²) < 4.78 is 5.72. The van der Waals surface area contributed by atoms with Crippen LogP contribution >= 0.6 is 0 Å². The highest BCUT2D eigenvalue weighted by Crippen LogP contribution is 2.24. The number of hydrazine groups is 1. The van der Waals surface area contributed by atoms with Crippen LogP contribution in [-0.2, 0) is 4.79 Å². The summed E-state index contributed by atoms with van der Waals surface area (Å²) in [5.74, 6) is 7.74. The van der Waals surface area contributed by atoms with E-state index in [0.29, 0.717) is 17.4 Å². The Morgan fingerprint density at radius 3 is 2.35 bits per heavy atom. The number of rotatable bonds is 8. The van der Waals surface area contributed by atoms with E-state index in [9.17, 15) is 4.79 Å².